The predicted octanol–water partition coefficient (Wildman–Crippen LogP) is -0.600. The average molecular weight is 240 g/mol. The lowest BCUT2D eigenvalue weighted by atomic mass is 10.1. The van der Waals surface area contributed by atoms with Crippen LogP contribution in [0.4, 0.5) is 0 Å². The van der Waals surface area contributed by atoms with Gasteiger partial charge in [0.15, 0.2) is 0 Å². The van der Waals surface area contributed by atoms with E-state index in [4.69, 9.17) is 0 Å². The van der Waals surface area contributed by atoms with E-state index in [0.717, 1.165) is 32.6 Å². The third kappa shape index (κ3) is 2.78. The van der Waals surface area contributed by atoms with Crippen molar-refractivity contribution in [2.24, 2.45) is 0 Å². The SMILES string of the molecule is CCC1NCC(=O)N1CC1CN(C)CCN1C. The van der Waals surface area contributed by atoms with Gasteiger partial charge in [-0.2, -0.15) is 0 Å². The van der Waals surface area contributed by atoms with Crippen LogP contribution in [0.15, 0.2) is 0 Å². The first-order chi connectivity index (χ1) is 8.11. The van der Waals surface area contributed by atoms with Crippen LogP contribution in [0.3, 0.4) is 0 Å². The second-order valence-corrected chi connectivity index (χ2v) is 5.25. The summed E-state index contributed by atoms with van der Waals surface area (Å²) in [6.07, 6.45) is 1.22. The predicted molar refractivity (Wildman–Crippen MR) is 67.7 cm³/mol. The van der Waals surface area contributed by atoms with Crippen LogP contribution in [0.5, 0.6) is 0 Å². The van der Waals surface area contributed by atoms with Gasteiger partial charge in [-0.15, -0.1) is 0 Å². The second kappa shape index (κ2) is 5.33. The number of nitrogens with zero attached hydrogens (tertiary/aromatic N) is 3. The molecule has 2 unspecified atom stereocenters. The van der Waals surface area contributed by atoms with Gasteiger partial charge in [0.1, 0.15) is 0 Å². The van der Waals surface area contributed by atoms with Crippen molar-refractivity contribution in [3.05, 3.63) is 0 Å². The highest BCUT2D eigenvalue weighted by atomic mass is 16.2. The molecule has 2 rings (SSSR count). The Morgan fingerprint density at radius 1 is 1.35 bits per heavy atom. The number of nitrogens with one attached hydrogen (secondary N) is 1. The van der Waals surface area contributed by atoms with Crippen LogP contribution in [0.25, 0.3) is 0 Å². The Morgan fingerprint density at radius 3 is 2.82 bits per heavy atom. The quantitative estimate of drug-likeness (QED) is 0.715. The summed E-state index contributed by atoms with van der Waals surface area (Å²) in [5, 5.41) is 3.27. The lowest BCUT2D eigenvalue weighted by Gasteiger charge is -2.40. The largest absolute Gasteiger partial charge is 0.324 e. The van der Waals surface area contributed by atoms with Crippen LogP contribution in [0, 0.1) is 0 Å². The van der Waals surface area contributed by atoms with Gasteiger partial charge < -0.3 is 9.80 Å². The third-order valence-electron chi connectivity index (χ3n) is 3.96. The molecule has 0 spiro atoms. The van der Waals surface area contributed by atoms with Gasteiger partial charge in [0.05, 0.1) is 12.7 Å². The highest BCUT2D eigenvalue weighted by molar-refractivity contribution is 5.80. The standard InChI is InChI=1S/C12H24N4O/c1-4-11-13-7-12(17)16(11)9-10-8-14(2)5-6-15(10)3/h10-11,13H,4-9H2,1-3H3. The van der Waals surface area contributed by atoms with Crippen LogP contribution in [-0.2, 0) is 4.79 Å². The van der Waals surface area contributed by atoms with E-state index in [0.29, 0.717) is 12.6 Å². The number of hydrogen-bond donors (Lipinski definition) is 1. The normalized spacial score (nSPS) is 32.4. The lowest BCUT2D eigenvalue weighted by molar-refractivity contribution is -0.129. The summed E-state index contributed by atoms with van der Waals surface area (Å²) in [4.78, 5) is 18.6. The fraction of sp³-hybridized carbons (Fsp3) is 0.917. The van der Waals surface area contributed by atoms with Gasteiger partial charge in [-0.25, -0.2) is 0 Å². The average Bonchev–Trinajstić information content (AvgIpc) is 2.65. The molecule has 17 heavy (non-hydrogen) atoms. The zero-order chi connectivity index (χ0) is 12.4. The molecule has 1 N–H and O–H groups in total. The minimum Gasteiger partial charge on any atom is -0.324 e. The summed E-state index contributed by atoms with van der Waals surface area (Å²) in [6, 6.07) is 0.464. The molecule has 5 nitrogen and oxygen atoms in total. The summed E-state index contributed by atoms with van der Waals surface area (Å²) < 4.78 is 0. The van der Waals surface area contributed by atoms with Crippen molar-refractivity contribution in [2.45, 2.75) is 25.6 Å². The van der Waals surface area contributed by atoms with Gasteiger partial charge in [0, 0.05) is 32.2 Å². The van der Waals surface area contributed by atoms with Crippen molar-refractivity contribution in [2.75, 3.05) is 46.8 Å². The summed E-state index contributed by atoms with van der Waals surface area (Å²) in [7, 11) is 4.31. The molecule has 0 aliphatic carbocycles. The van der Waals surface area contributed by atoms with Gasteiger partial charge in [-0.1, -0.05) is 6.92 Å². The molecule has 2 aliphatic rings. The van der Waals surface area contributed by atoms with E-state index < -0.39 is 0 Å². The van der Waals surface area contributed by atoms with E-state index in [1.165, 1.54) is 0 Å². The van der Waals surface area contributed by atoms with Crippen molar-refractivity contribution in [3.63, 3.8) is 0 Å². The Balaban J connectivity index is 1.96. The minimum atomic E-state index is 0.239. The molecule has 2 fully saturated rings. The summed E-state index contributed by atoms with van der Waals surface area (Å²) in [5.74, 6) is 0.249. The molecule has 2 saturated heterocycles. The molecule has 2 atom stereocenters. The van der Waals surface area contributed by atoms with E-state index in [9.17, 15) is 4.79 Å². The monoisotopic (exact) mass is 240 g/mol. The molecule has 1 amide bonds. The zero-order valence-electron chi connectivity index (χ0n) is 11.1. The van der Waals surface area contributed by atoms with Crippen LogP contribution >= 0.6 is 0 Å². The highest BCUT2D eigenvalue weighted by Crippen LogP contribution is 2.13. The summed E-state index contributed by atoms with van der Waals surface area (Å²) in [5.41, 5.74) is 0. The smallest absolute Gasteiger partial charge is 0.237 e. The fourth-order valence-electron chi connectivity index (χ4n) is 2.71. The van der Waals surface area contributed by atoms with Crippen molar-refractivity contribution in [1.29, 1.82) is 0 Å². The molecule has 0 saturated carbocycles. The number of carbonyl (C=O) groups excluding carboxylic acids is 1. The molecular weight excluding hydrogens is 216 g/mol. The number of likely N-dealkylation sites (N-methyl/N-ethyl adjacent to an activating group) is 2. The van der Waals surface area contributed by atoms with Crippen molar-refractivity contribution in [1.82, 2.24) is 20.0 Å². The van der Waals surface area contributed by atoms with E-state index in [1.54, 1.807) is 0 Å². The first-order valence-electron chi connectivity index (χ1n) is 6.53. The molecule has 0 aromatic heterocycles. The third-order valence-corrected chi connectivity index (χ3v) is 3.96. The van der Waals surface area contributed by atoms with E-state index in [2.05, 4.69) is 36.1 Å². The Morgan fingerprint density at radius 2 is 2.12 bits per heavy atom. The Bertz CT molecular complexity index is 284. The highest BCUT2D eigenvalue weighted by Gasteiger charge is 2.33. The van der Waals surface area contributed by atoms with Crippen LogP contribution in [-0.4, -0.2) is 79.6 Å². The maximum Gasteiger partial charge on any atom is 0.237 e. The molecule has 0 radical (unpaired) electrons. The van der Waals surface area contributed by atoms with Gasteiger partial charge >= 0.3 is 0 Å². The molecule has 0 aromatic carbocycles. The molecule has 0 bridgehead atoms. The maximum absolute atomic E-state index is 11.8. The van der Waals surface area contributed by atoms with Crippen molar-refractivity contribution >= 4 is 5.91 Å². The molecule has 0 aromatic rings. The van der Waals surface area contributed by atoms with Gasteiger partial charge in [0.25, 0.3) is 0 Å². The Kier molecular flexibility index (Phi) is 4.01. The number of amides is 1. The van der Waals surface area contributed by atoms with E-state index in [-0.39, 0.29) is 12.1 Å². The summed E-state index contributed by atoms with van der Waals surface area (Å²) >= 11 is 0. The first-order valence-corrected chi connectivity index (χ1v) is 6.53. The zero-order valence-corrected chi connectivity index (χ0v) is 11.1. The molecule has 98 valence electrons. The number of rotatable bonds is 3. The molecular formula is C12H24N4O. The van der Waals surface area contributed by atoms with Crippen LogP contribution < -0.4 is 5.32 Å². The number of piperazine rings is 1. The second-order valence-electron chi connectivity index (χ2n) is 5.25. The Hall–Kier alpha value is -0.650. The maximum atomic E-state index is 11.8. The van der Waals surface area contributed by atoms with Gasteiger partial charge in [0.2, 0.25) is 5.91 Å². The lowest BCUT2D eigenvalue weighted by Crippen LogP contribution is -2.56. The molecule has 2 aliphatic heterocycles. The van der Waals surface area contributed by atoms with E-state index in [1.807, 2.05) is 4.90 Å². The molecule has 5 heteroatoms. The fourth-order valence-corrected chi connectivity index (χ4v) is 2.71. The molecule has 2 heterocycles. The first kappa shape index (κ1) is 12.8. The number of hydrogen-bond acceptors (Lipinski definition) is 4. The number of carbonyl (C=O) groups is 1. The summed E-state index contributed by atoms with van der Waals surface area (Å²) in [6.45, 7) is 6.75. The van der Waals surface area contributed by atoms with Crippen molar-refractivity contribution in [3.8, 4) is 0 Å². The van der Waals surface area contributed by atoms with Crippen LogP contribution in [0.2, 0.25) is 0 Å². The Labute approximate surface area is 104 Å². The van der Waals surface area contributed by atoms with Crippen molar-refractivity contribution < 1.29 is 4.79 Å². The van der Waals surface area contributed by atoms with E-state index >= 15 is 0 Å². The topological polar surface area (TPSA) is 38.8 Å². The van der Waals surface area contributed by atoms with Gasteiger partial charge in [-0.3, -0.25) is 15.0 Å². The van der Waals surface area contributed by atoms with Gasteiger partial charge in [-0.05, 0) is 20.5 Å². The van der Waals surface area contributed by atoms with Crippen LogP contribution in [0.1, 0.15) is 13.3 Å². The minimum absolute atomic E-state index is 0.239.